The van der Waals surface area contributed by atoms with Crippen LogP contribution in [-0.4, -0.2) is 89.2 Å². The minimum atomic E-state index is -4.63. The van der Waals surface area contributed by atoms with E-state index in [9.17, 15) is 27.9 Å². The number of aliphatic hydroxyl groups excluding tert-OH is 1. The summed E-state index contributed by atoms with van der Waals surface area (Å²) in [5.74, 6) is 0.167. The molecule has 6 rings (SSSR count). The van der Waals surface area contributed by atoms with E-state index in [2.05, 4.69) is 25.5 Å². The van der Waals surface area contributed by atoms with E-state index in [1.165, 1.54) is 12.1 Å². The molecule has 47 heavy (non-hydrogen) atoms. The number of aryl methyl sites for hydroxylation is 1. The first kappa shape index (κ1) is 32.7. The largest absolute Gasteiger partial charge is 0.416 e. The average Bonchev–Trinajstić information content (AvgIpc) is 3.47. The van der Waals surface area contributed by atoms with Gasteiger partial charge in [-0.3, -0.25) is 19.5 Å². The molecule has 1 aromatic heterocycles. The van der Waals surface area contributed by atoms with Gasteiger partial charge in [0, 0.05) is 68.8 Å². The average molecular weight is 653 g/mol. The molecule has 3 heterocycles. The van der Waals surface area contributed by atoms with E-state index in [1.807, 2.05) is 18.9 Å². The Morgan fingerprint density at radius 2 is 1.85 bits per heavy atom. The number of benzene rings is 2. The summed E-state index contributed by atoms with van der Waals surface area (Å²) in [6, 6.07) is 8.18. The monoisotopic (exact) mass is 652 g/mol. The summed E-state index contributed by atoms with van der Waals surface area (Å²) in [5.41, 5.74) is 1.51. The number of carbonyl (C=O) groups is 2. The van der Waals surface area contributed by atoms with E-state index >= 15 is 0 Å². The Morgan fingerprint density at radius 1 is 1.09 bits per heavy atom. The number of hydrogen-bond acceptors (Lipinski definition) is 8. The van der Waals surface area contributed by atoms with Crippen molar-refractivity contribution in [2.75, 3.05) is 60.7 Å². The number of amides is 3. The molecule has 1 saturated heterocycles. The number of anilines is 4. The Balaban J connectivity index is 1.25. The van der Waals surface area contributed by atoms with Crippen molar-refractivity contribution in [2.45, 2.75) is 57.6 Å². The highest BCUT2D eigenvalue weighted by molar-refractivity contribution is 6.08. The fourth-order valence-corrected chi connectivity index (χ4v) is 6.53. The molecule has 2 aromatic carbocycles. The molecule has 14 heteroatoms. The number of urea groups is 1. The van der Waals surface area contributed by atoms with Gasteiger partial charge in [0.1, 0.15) is 5.82 Å². The van der Waals surface area contributed by atoms with Crippen LogP contribution in [0.3, 0.4) is 0 Å². The molecular formula is C33H39F3N8O3. The van der Waals surface area contributed by atoms with Gasteiger partial charge in [-0.1, -0.05) is 12.1 Å². The second kappa shape index (κ2) is 13.1. The number of likely N-dealkylation sites (N-methyl/N-ethyl adjacent to an activating group) is 1. The normalized spacial score (nSPS) is 20.8. The zero-order chi connectivity index (χ0) is 33.5. The van der Waals surface area contributed by atoms with Crippen LogP contribution < -0.4 is 20.4 Å². The number of alkyl halides is 3. The third kappa shape index (κ3) is 6.90. The predicted octanol–water partition coefficient (Wildman–Crippen LogP) is 4.71. The lowest BCUT2D eigenvalue weighted by Gasteiger charge is -2.39. The van der Waals surface area contributed by atoms with Crippen LogP contribution in [0.1, 0.15) is 51.9 Å². The summed E-state index contributed by atoms with van der Waals surface area (Å²) in [7, 11) is 3.68. The van der Waals surface area contributed by atoms with E-state index in [0.29, 0.717) is 55.5 Å². The molecule has 2 fully saturated rings. The van der Waals surface area contributed by atoms with Crippen LogP contribution in [0.15, 0.2) is 42.6 Å². The number of hydrogen-bond donors (Lipinski definition) is 3. The van der Waals surface area contributed by atoms with Gasteiger partial charge in [-0.25, -0.2) is 9.78 Å². The van der Waals surface area contributed by atoms with Gasteiger partial charge in [-0.05, 0) is 68.6 Å². The van der Waals surface area contributed by atoms with E-state index < -0.39 is 23.8 Å². The van der Waals surface area contributed by atoms with Crippen LogP contribution >= 0.6 is 0 Å². The lowest BCUT2D eigenvalue weighted by atomic mass is 10.0. The smallest absolute Gasteiger partial charge is 0.393 e. The van der Waals surface area contributed by atoms with Crippen LogP contribution in [0.2, 0.25) is 0 Å². The molecule has 3 N–H and O–H groups in total. The Kier molecular flexibility index (Phi) is 9.09. The number of aromatic nitrogens is 2. The number of piperazine rings is 1. The predicted molar refractivity (Wildman–Crippen MR) is 173 cm³/mol. The maximum atomic E-state index is 14.2. The standard InChI is InChI=1S/C33H39F3N8O3/c1-20-4-7-24(39-30(46)21-5-6-22(27(14-21)33(34,35)36)18-42-12-10-41(3)11-13-42)15-28(20)43-19-23-17-38-31(37-2)40-29(23)44(32(43)47)25-8-9-26(45)16-25/h4-7,14-15,17,25-26,45H,8-13,16,18-19H2,1-3H3,(H,39,46)(H,37,38,40). The van der Waals surface area contributed by atoms with Crippen molar-refractivity contribution in [1.82, 2.24) is 19.8 Å². The van der Waals surface area contributed by atoms with Crippen molar-refractivity contribution in [3.05, 3.63) is 70.4 Å². The second-order valence-corrected chi connectivity index (χ2v) is 12.6. The molecule has 0 radical (unpaired) electrons. The molecule has 250 valence electrons. The first-order valence-corrected chi connectivity index (χ1v) is 15.8. The quantitative estimate of drug-likeness (QED) is 0.336. The fraction of sp³-hybridized carbons (Fsp3) is 0.455. The molecular weight excluding hydrogens is 613 g/mol. The zero-order valence-electron chi connectivity index (χ0n) is 26.6. The minimum Gasteiger partial charge on any atom is -0.393 e. The molecule has 2 aliphatic heterocycles. The second-order valence-electron chi connectivity index (χ2n) is 12.6. The van der Waals surface area contributed by atoms with Crippen molar-refractivity contribution in [2.24, 2.45) is 0 Å². The lowest BCUT2D eigenvalue weighted by molar-refractivity contribution is -0.138. The molecule has 1 aliphatic carbocycles. The highest BCUT2D eigenvalue weighted by atomic mass is 19.4. The summed E-state index contributed by atoms with van der Waals surface area (Å²) in [5, 5.41) is 15.9. The van der Waals surface area contributed by atoms with Crippen LogP contribution in [0.5, 0.6) is 0 Å². The molecule has 11 nitrogen and oxygen atoms in total. The molecule has 2 atom stereocenters. The first-order chi connectivity index (χ1) is 22.4. The molecule has 3 aromatic rings. The topological polar surface area (TPSA) is 117 Å². The third-order valence-corrected chi connectivity index (χ3v) is 9.23. The fourth-order valence-electron chi connectivity index (χ4n) is 6.53. The molecule has 0 bridgehead atoms. The number of nitrogens with one attached hydrogen (secondary N) is 2. The van der Waals surface area contributed by atoms with E-state index in [-0.39, 0.29) is 36.3 Å². The van der Waals surface area contributed by atoms with Gasteiger partial charge in [0.05, 0.1) is 23.9 Å². The van der Waals surface area contributed by atoms with Crippen molar-refractivity contribution in [1.29, 1.82) is 0 Å². The maximum Gasteiger partial charge on any atom is 0.416 e. The lowest BCUT2D eigenvalue weighted by Crippen LogP contribution is -2.52. The summed E-state index contributed by atoms with van der Waals surface area (Å²) in [4.78, 5) is 43.7. The number of fused-ring (bicyclic) bond motifs is 1. The van der Waals surface area contributed by atoms with Gasteiger partial charge in [-0.2, -0.15) is 18.2 Å². The van der Waals surface area contributed by atoms with Crippen molar-refractivity contribution >= 4 is 35.1 Å². The van der Waals surface area contributed by atoms with E-state index in [1.54, 1.807) is 41.2 Å². The van der Waals surface area contributed by atoms with Gasteiger partial charge in [0.25, 0.3) is 5.91 Å². The van der Waals surface area contributed by atoms with Gasteiger partial charge < -0.3 is 20.6 Å². The molecule has 3 aliphatic rings. The summed E-state index contributed by atoms with van der Waals surface area (Å²) < 4.78 is 42.5. The Labute approximate surface area is 271 Å². The molecule has 1 saturated carbocycles. The van der Waals surface area contributed by atoms with E-state index in [4.69, 9.17) is 0 Å². The minimum absolute atomic E-state index is 0.118. The van der Waals surface area contributed by atoms with E-state index in [0.717, 1.165) is 30.3 Å². The maximum absolute atomic E-state index is 14.2. The summed E-state index contributed by atoms with van der Waals surface area (Å²) >= 11 is 0. The van der Waals surface area contributed by atoms with Crippen LogP contribution in [0.25, 0.3) is 0 Å². The van der Waals surface area contributed by atoms with Crippen molar-refractivity contribution in [3.8, 4) is 0 Å². The van der Waals surface area contributed by atoms with Gasteiger partial charge in [0.15, 0.2) is 0 Å². The van der Waals surface area contributed by atoms with Crippen molar-refractivity contribution in [3.63, 3.8) is 0 Å². The van der Waals surface area contributed by atoms with Gasteiger partial charge in [-0.15, -0.1) is 0 Å². The Morgan fingerprint density at radius 3 is 2.53 bits per heavy atom. The molecule has 0 spiro atoms. The van der Waals surface area contributed by atoms with Crippen LogP contribution in [0, 0.1) is 6.92 Å². The highest BCUT2D eigenvalue weighted by Crippen LogP contribution is 2.38. The zero-order valence-corrected chi connectivity index (χ0v) is 26.6. The first-order valence-electron chi connectivity index (χ1n) is 15.8. The molecule has 3 amide bonds. The number of nitrogens with zero attached hydrogens (tertiary/aromatic N) is 6. The number of rotatable bonds is 7. The van der Waals surface area contributed by atoms with Gasteiger partial charge in [0.2, 0.25) is 5.95 Å². The summed E-state index contributed by atoms with van der Waals surface area (Å²) in [6.07, 6.45) is -1.88. The Hall–Kier alpha value is -4.27. The van der Waals surface area contributed by atoms with Crippen molar-refractivity contribution < 1.29 is 27.9 Å². The highest BCUT2D eigenvalue weighted by Gasteiger charge is 2.41. The van der Waals surface area contributed by atoms with Crippen LogP contribution in [0.4, 0.5) is 41.1 Å². The SMILES string of the molecule is CNc1ncc2c(n1)N(C1CCC(O)C1)C(=O)N(c1cc(NC(=O)c3ccc(CN4CCN(C)CC4)c(C(F)(F)F)c3)ccc1C)C2. The Bertz CT molecular complexity index is 1660. The van der Waals surface area contributed by atoms with Crippen LogP contribution in [-0.2, 0) is 19.3 Å². The third-order valence-electron chi connectivity index (χ3n) is 9.23. The summed E-state index contributed by atoms with van der Waals surface area (Å²) in [6.45, 7) is 5.06. The molecule has 2 unspecified atom stereocenters. The number of aliphatic hydroxyl groups is 1. The van der Waals surface area contributed by atoms with Gasteiger partial charge >= 0.3 is 12.2 Å². The number of halogens is 3. The number of carbonyl (C=O) groups excluding carboxylic acids is 2.